The van der Waals surface area contributed by atoms with E-state index in [0.717, 1.165) is 5.56 Å². The Kier molecular flexibility index (Phi) is 4.31. The smallest absolute Gasteiger partial charge is 0.270 e. The van der Waals surface area contributed by atoms with E-state index < -0.39 is 0 Å². The lowest BCUT2D eigenvalue weighted by molar-refractivity contribution is 0.0732. The van der Waals surface area contributed by atoms with Crippen LogP contribution in [0.2, 0.25) is 0 Å². The van der Waals surface area contributed by atoms with Crippen LogP contribution in [0.3, 0.4) is 0 Å². The minimum Gasteiger partial charge on any atom is -0.397 e. The Morgan fingerprint density at radius 2 is 2.00 bits per heavy atom. The number of hydrogen-bond donors (Lipinski definition) is 1. The van der Waals surface area contributed by atoms with Crippen molar-refractivity contribution in [3.05, 3.63) is 53.6 Å². The van der Waals surface area contributed by atoms with E-state index in [-0.39, 0.29) is 17.8 Å². The molecular formula is C16H20FN3O. The van der Waals surface area contributed by atoms with Crippen LogP contribution in [0.25, 0.3) is 0 Å². The fraction of sp³-hybridized carbons (Fsp3) is 0.312. The highest BCUT2D eigenvalue weighted by Crippen LogP contribution is 2.22. The molecule has 21 heavy (non-hydrogen) atoms. The number of aryl methyl sites for hydroxylation is 1. The summed E-state index contributed by atoms with van der Waals surface area (Å²) in [5.74, 6) is -0.391. The number of amides is 1. The molecule has 0 spiro atoms. The number of hydrogen-bond acceptors (Lipinski definition) is 2. The van der Waals surface area contributed by atoms with Gasteiger partial charge in [-0.05, 0) is 37.6 Å². The van der Waals surface area contributed by atoms with Crippen LogP contribution in [0.15, 0.2) is 36.5 Å². The van der Waals surface area contributed by atoms with Gasteiger partial charge in [-0.25, -0.2) is 4.39 Å². The molecule has 1 atom stereocenters. The summed E-state index contributed by atoms with van der Waals surface area (Å²) in [6.07, 6.45) is 1.75. The first-order valence-corrected chi connectivity index (χ1v) is 6.92. The number of nitrogens with two attached hydrogens (primary N) is 1. The molecule has 2 N–H and O–H groups in total. The number of aromatic nitrogens is 1. The first-order valence-electron chi connectivity index (χ1n) is 6.92. The molecule has 5 heteroatoms. The minimum atomic E-state index is -0.285. The number of rotatable bonds is 4. The summed E-state index contributed by atoms with van der Waals surface area (Å²) in [5.41, 5.74) is 7.78. The van der Waals surface area contributed by atoms with E-state index in [1.54, 1.807) is 36.3 Å². The predicted molar refractivity (Wildman–Crippen MR) is 81.4 cm³/mol. The van der Waals surface area contributed by atoms with Gasteiger partial charge in [0.1, 0.15) is 11.5 Å². The highest BCUT2D eigenvalue weighted by Gasteiger charge is 2.21. The molecule has 112 valence electrons. The maximum absolute atomic E-state index is 13.0. The summed E-state index contributed by atoms with van der Waals surface area (Å²) in [7, 11) is 1.74. The van der Waals surface area contributed by atoms with Gasteiger partial charge in [-0.15, -0.1) is 0 Å². The molecule has 1 amide bonds. The van der Waals surface area contributed by atoms with Crippen LogP contribution in [-0.2, 0) is 6.54 Å². The third kappa shape index (κ3) is 3.07. The van der Waals surface area contributed by atoms with Crippen LogP contribution in [0, 0.1) is 5.82 Å². The van der Waals surface area contributed by atoms with Gasteiger partial charge in [-0.2, -0.15) is 0 Å². The van der Waals surface area contributed by atoms with Gasteiger partial charge in [-0.3, -0.25) is 4.79 Å². The van der Waals surface area contributed by atoms with Crippen LogP contribution in [0.4, 0.5) is 10.1 Å². The second-order valence-corrected chi connectivity index (χ2v) is 5.09. The molecule has 0 bridgehead atoms. The fourth-order valence-corrected chi connectivity index (χ4v) is 2.30. The second-order valence-electron chi connectivity index (χ2n) is 5.09. The Morgan fingerprint density at radius 3 is 2.57 bits per heavy atom. The summed E-state index contributed by atoms with van der Waals surface area (Å²) < 4.78 is 14.8. The van der Waals surface area contributed by atoms with E-state index in [2.05, 4.69) is 0 Å². The van der Waals surface area contributed by atoms with Crippen molar-refractivity contribution in [3.63, 3.8) is 0 Å². The number of halogens is 1. The third-order valence-electron chi connectivity index (χ3n) is 3.73. The Hall–Kier alpha value is -2.30. The molecule has 0 saturated carbocycles. The van der Waals surface area contributed by atoms with Crippen molar-refractivity contribution in [2.75, 3.05) is 12.8 Å². The Balaban J connectivity index is 2.23. The number of benzene rings is 1. The number of nitrogens with zero attached hydrogens (tertiary/aromatic N) is 2. The quantitative estimate of drug-likeness (QED) is 0.940. The number of anilines is 1. The summed E-state index contributed by atoms with van der Waals surface area (Å²) in [5, 5.41) is 0. The third-order valence-corrected chi connectivity index (χ3v) is 3.73. The van der Waals surface area contributed by atoms with Crippen molar-refractivity contribution < 1.29 is 9.18 Å². The second kappa shape index (κ2) is 5.99. The zero-order chi connectivity index (χ0) is 15.6. The van der Waals surface area contributed by atoms with Crippen molar-refractivity contribution >= 4 is 11.6 Å². The normalized spacial score (nSPS) is 12.2. The maximum atomic E-state index is 13.0. The molecular weight excluding hydrogens is 269 g/mol. The molecule has 2 rings (SSSR count). The van der Waals surface area contributed by atoms with Gasteiger partial charge >= 0.3 is 0 Å². The lowest BCUT2D eigenvalue weighted by Gasteiger charge is -2.25. The molecule has 0 saturated heterocycles. The van der Waals surface area contributed by atoms with Crippen molar-refractivity contribution in [2.24, 2.45) is 0 Å². The van der Waals surface area contributed by atoms with E-state index in [4.69, 9.17) is 5.73 Å². The molecule has 0 aliphatic carbocycles. The SMILES string of the molecule is CCn1cc(N)cc1C(=O)N(C)C(C)c1ccc(F)cc1. The topological polar surface area (TPSA) is 51.3 Å². The Morgan fingerprint density at radius 1 is 1.38 bits per heavy atom. The van der Waals surface area contributed by atoms with E-state index in [9.17, 15) is 9.18 Å². The molecule has 1 aromatic heterocycles. The molecule has 0 fully saturated rings. The maximum Gasteiger partial charge on any atom is 0.270 e. The van der Waals surface area contributed by atoms with Gasteiger partial charge < -0.3 is 15.2 Å². The molecule has 1 unspecified atom stereocenters. The molecule has 1 heterocycles. The average molecular weight is 289 g/mol. The molecule has 1 aromatic carbocycles. The highest BCUT2D eigenvalue weighted by atomic mass is 19.1. The van der Waals surface area contributed by atoms with Crippen molar-refractivity contribution in [2.45, 2.75) is 26.4 Å². The van der Waals surface area contributed by atoms with Crippen molar-refractivity contribution in [1.29, 1.82) is 0 Å². The Bertz CT molecular complexity index is 633. The van der Waals surface area contributed by atoms with Gasteiger partial charge in [0.2, 0.25) is 0 Å². The van der Waals surface area contributed by atoms with Crippen LogP contribution in [0.5, 0.6) is 0 Å². The predicted octanol–water partition coefficient (Wildman–Crippen LogP) is 3.06. The average Bonchev–Trinajstić information content (AvgIpc) is 2.86. The summed E-state index contributed by atoms with van der Waals surface area (Å²) in [4.78, 5) is 14.2. The highest BCUT2D eigenvalue weighted by molar-refractivity contribution is 5.94. The largest absolute Gasteiger partial charge is 0.397 e. The van der Waals surface area contributed by atoms with Gasteiger partial charge in [0.15, 0.2) is 0 Å². The summed E-state index contributed by atoms with van der Waals surface area (Å²) in [6, 6.07) is 7.71. The monoisotopic (exact) mass is 289 g/mol. The summed E-state index contributed by atoms with van der Waals surface area (Å²) >= 11 is 0. The van der Waals surface area contributed by atoms with E-state index in [1.165, 1.54) is 12.1 Å². The molecule has 4 nitrogen and oxygen atoms in total. The zero-order valence-electron chi connectivity index (χ0n) is 12.5. The minimum absolute atomic E-state index is 0.106. The standard InChI is InChI=1S/C16H20FN3O/c1-4-20-10-14(18)9-15(20)16(21)19(3)11(2)12-5-7-13(17)8-6-12/h5-11H,4,18H2,1-3H3. The molecule has 0 aliphatic heterocycles. The lowest BCUT2D eigenvalue weighted by atomic mass is 10.1. The van der Waals surface area contributed by atoms with Crippen LogP contribution in [-0.4, -0.2) is 22.4 Å². The zero-order valence-corrected chi connectivity index (χ0v) is 12.5. The van der Waals surface area contributed by atoms with E-state index >= 15 is 0 Å². The number of nitrogen functional groups attached to an aromatic ring is 1. The van der Waals surface area contributed by atoms with Crippen LogP contribution in [0.1, 0.15) is 35.9 Å². The van der Waals surface area contributed by atoms with E-state index in [0.29, 0.717) is 17.9 Å². The summed E-state index contributed by atoms with van der Waals surface area (Å²) in [6.45, 7) is 4.55. The van der Waals surface area contributed by atoms with Gasteiger partial charge in [0.25, 0.3) is 5.91 Å². The molecule has 0 radical (unpaired) electrons. The van der Waals surface area contributed by atoms with Gasteiger partial charge in [0.05, 0.1) is 11.7 Å². The van der Waals surface area contributed by atoms with Crippen molar-refractivity contribution in [3.8, 4) is 0 Å². The first-order chi connectivity index (χ1) is 9.93. The lowest BCUT2D eigenvalue weighted by Crippen LogP contribution is -2.31. The van der Waals surface area contributed by atoms with Crippen LogP contribution >= 0.6 is 0 Å². The van der Waals surface area contributed by atoms with Crippen LogP contribution < -0.4 is 5.73 Å². The van der Waals surface area contributed by atoms with Gasteiger partial charge in [-0.1, -0.05) is 12.1 Å². The first kappa shape index (κ1) is 15.1. The van der Waals surface area contributed by atoms with Crippen molar-refractivity contribution in [1.82, 2.24) is 9.47 Å². The number of carbonyl (C=O) groups excluding carboxylic acids is 1. The number of carbonyl (C=O) groups is 1. The Labute approximate surface area is 124 Å². The fourth-order valence-electron chi connectivity index (χ4n) is 2.30. The molecule has 0 aliphatic rings. The van der Waals surface area contributed by atoms with Gasteiger partial charge in [0, 0.05) is 19.8 Å². The van der Waals surface area contributed by atoms with E-state index in [1.807, 2.05) is 18.4 Å². The molecule has 2 aromatic rings.